The molecule has 2 aromatic heterocycles. The summed E-state index contributed by atoms with van der Waals surface area (Å²) in [6.45, 7) is 6.92. The van der Waals surface area contributed by atoms with Crippen LogP contribution in [0.15, 0.2) is 64.6 Å². The smallest absolute Gasteiger partial charge is 0.253 e. The van der Waals surface area contributed by atoms with Crippen molar-refractivity contribution in [1.82, 2.24) is 9.97 Å². The zero-order valence-corrected chi connectivity index (χ0v) is 21.3. The molecular weight excluding hydrogens is 488 g/mol. The Hall–Kier alpha value is -3.17. The van der Waals surface area contributed by atoms with Crippen LogP contribution in [0.4, 0.5) is 5.82 Å². The standard InChI is InChI=1S/C25H27ClN4O4S/c1-16-13-25(2,3)30(14-16)24-22(23(27)31)19(11-12-28-24)35(32,33)21-10-6-9-20(29-21)34-15-17-7-4-5-8-18(17)26/h4-12,16H,13-15H2,1-3H3,(H2,27,31). The number of aromatic nitrogens is 2. The predicted octanol–water partition coefficient (Wildman–Crippen LogP) is 4.27. The van der Waals surface area contributed by atoms with Gasteiger partial charge in [-0.1, -0.05) is 42.8 Å². The number of hydrogen-bond donors (Lipinski definition) is 1. The van der Waals surface area contributed by atoms with E-state index in [0.29, 0.717) is 17.5 Å². The maximum absolute atomic E-state index is 13.6. The van der Waals surface area contributed by atoms with Crippen molar-refractivity contribution in [3.05, 3.63) is 70.9 Å². The Bertz CT molecular complexity index is 1380. The monoisotopic (exact) mass is 514 g/mol. The molecule has 0 saturated carbocycles. The summed E-state index contributed by atoms with van der Waals surface area (Å²) in [5.41, 5.74) is 5.99. The van der Waals surface area contributed by atoms with E-state index in [1.807, 2.05) is 24.8 Å². The maximum atomic E-state index is 13.6. The number of ether oxygens (including phenoxy) is 1. The Labute approximate surface area is 210 Å². The van der Waals surface area contributed by atoms with Crippen LogP contribution in [0.25, 0.3) is 0 Å². The third kappa shape index (κ3) is 4.97. The van der Waals surface area contributed by atoms with Crippen molar-refractivity contribution in [2.75, 3.05) is 11.4 Å². The Morgan fingerprint density at radius 1 is 1.20 bits per heavy atom. The number of hydrogen-bond acceptors (Lipinski definition) is 7. The van der Waals surface area contributed by atoms with Crippen LogP contribution in [0.1, 0.15) is 43.1 Å². The van der Waals surface area contributed by atoms with E-state index in [9.17, 15) is 13.2 Å². The zero-order valence-electron chi connectivity index (χ0n) is 19.7. The molecule has 1 fully saturated rings. The molecule has 35 heavy (non-hydrogen) atoms. The Morgan fingerprint density at radius 3 is 2.60 bits per heavy atom. The highest BCUT2D eigenvalue weighted by Crippen LogP contribution is 2.39. The van der Waals surface area contributed by atoms with Crippen LogP contribution in [0.2, 0.25) is 5.02 Å². The van der Waals surface area contributed by atoms with Crippen molar-refractivity contribution >= 4 is 33.2 Å². The summed E-state index contributed by atoms with van der Waals surface area (Å²) in [6.07, 6.45) is 2.25. The van der Waals surface area contributed by atoms with Gasteiger partial charge in [0.05, 0.1) is 4.90 Å². The number of rotatable bonds is 7. The van der Waals surface area contributed by atoms with Gasteiger partial charge in [0.15, 0.2) is 5.03 Å². The molecule has 3 aromatic rings. The first-order valence-corrected chi connectivity index (χ1v) is 13.0. The molecule has 8 nitrogen and oxygen atoms in total. The van der Waals surface area contributed by atoms with Crippen LogP contribution in [0, 0.1) is 5.92 Å². The molecule has 0 aliphatic carbocycles. The number of nitrogens with zero attached hydrogens (tertiary/aromatic N) is 3. The van der Waals surface area contributed by atoms with E-state index in [4.69, 9.17) is 22.1 Å². The lowest BCUT2D eigenvalue weighted by Gasteiger charge is -2.33. The first kappa shape index (κ1) is 24.9. The van der Waals surface area contributed by atoms with Crippen LogP contribution in [0.3, 0.4) is 0 Å². The average molecular weight is 515 g/mol. The fourth-order valence-electron chi connectivity index (χ4n) is 4.56. The van der Waals surface area contributed by atoms with E-state index in [1.165, 1.54) is 24.4 Å². The first-order valence-electron chi connectivity index (χ1n) is 11.2. The normalized spacial score (nSPS) is 17.4. The van der Waals surface area contributed by atoms with Gasteiger partial charge in [-0.05, 0) is 44.4 Å². The van der Waals surface area contributed by atoms with E-state index in [-0.39, 0.29) is 39.3 Å². The number of pyridine rings is 2. The summed E-state index contributed by atoms with van der Waals surface area (Å²) in [5.74, 6) is -0.149. The predicted molar refractivity (Wildman–Crippen MR) is 133 cm³/mol. The molecule has 10 heteroatoms. The van der Waals surface area contributed by atoms with Gasteiger partial charge < -0.3 is 15.4 Å². The molecule has 184 valence electrons. The molecule has 3 heterocycles. The minimum absolute atomic E-state index is 0.107. The lowest BCUT2D eigenvalue weighted by atomic mass is 9.97. The Kier molecular flexibility index (Phi) is 6.75. The second kappa shape index (κ2) is 9.47. The first-order chi connectivity index (χ1) is 16.5. The second-order valence-corrected chi connectivity index (χ2v) is 11.6. The van der Waals surface area contributed by atoms with Gasteiger partial charge in [0.2, 0.25) is 15.7 Å². The van der Waals surface area contributed by atoms with Crippen molar-refractivity contribution in [3.8, 4) is 5.88 Å². The fourth-order valence-corrected chi connectivity index (χ4v) is 6.14. The van der Waals surface area contributed by atoms with E-state index in [0.717, 1.165) is 12.0 Å². The van der Waals surface area contributed by atoms with Gasteiger partial charge >= 0.3 is 0 Å². The molecule has 0 bridgehead atoms. The molecule has 1 saturated heterocycles. The van der Waals surface area contributed by atoms with E-state index >= 15 is 0 Å². The van der Waals surface area contributed by atoms with Crippen molar-refractivity contribution in [1.29, 1.82) is 0 Å². The second-order valence-electron chi connectivity index (χ2n) is 9.30. The number of nitrogens with two attached hydrogens (primary N) is 1. The topological polar surface area (TPSA) is 115 Å². The highest BCUT2D eigenvalue weighted by atomic mass is 35.5. The summed E-state index contributed by atoms with van der Waals surface area (Å²) in [5, 5.41) is 0.272. The van der Waals surface area contributed by atoms with E-state index in [1.54, 1.807) is 24.3 Å². The van der Waals surface area contributed by atoms with Crippen molar-refractivity contribution in [3.63, 3.8) is 0 Å². The van der Waals surface area contributed by atoms with Crippen molar-refractivity contribution in [2.24, 2.45) is 11.7 Å². The third-order valence-corrected chi connectivity index (χ3v) is 8.13. The van der Waals surface area contributed by atoms with Crippen molar-refractivity contribution in [2.45, 2.75) is 49.3 Å². The van der Waals surface area contributed by atoms with Gasteiger partial charge in [0, 0.05) is 34.9 Å². The van der Waals surface area contributed by atoms with Crippen LogP contribution in [0.5, 0.6) is 5.88 Å². The number of carbonyl (C=O) groups is 1. The van der Waals surface area contributed by atoms with Gasteiger partial charge in [-0.3, -0.25) is 4.79 Å². The van der Waals surface area contributed by atoms with Crippen molar-refractivity contribution < 1.29 is 17.9 Å². The number of carbonyl (C=O) groups excluding carboxylic acids is 1. The Balaban J connectivity index is 1.72. The molecule has 1 aromatic carbocycles. The summed E-state index contributed by atoms with van der Waals surface area (Å²) in [7, 11) is -4.22. The maximum Gasteiger partial charge on any atom is 0.253 e. The molecule has 1 amide bonds. The average Bonchev–Trinajstić information content (AvgIpc) is 3.09. The largest absolute Gasteiger partial charge is 0.473 e. The summed E-state index contributed by atoms with van der Waals surface area (Å²) >= 11 is 6.17. The number of amides is 1. The molecule has 2 N–H and O–H groups in total. The summed E-state index contributed by atoms with van der Waals surface area (Å²) < 4.78 is 33.0. The van der Waals surface area contributed by atoms with E-state index < -0.39 is 15.7 Å². The summed E-state index contributed by atoms with van der Waals surface area (Å²) in [4.78, 5) is 22.8. The van der Waals surface area contributed by atoms with Gasteiger partial charge in [-0.25, -0.2) is 18.4 Å². The molecule has 0 spiro atoms. The number of sulfone groups is 1. The quantitative estimate of drug-likeness (QED) is 0.500. The molecule has 0 radical (unpaired) electrons. The highest BCUT2D eigenvalue weighted by Gasteiger charge is 2.40. The highest BCUT2D eigenvalue weighted by molar-refractivity contribution is 7.91. The number of primary amides is 1. The molecule has 1 aliphatic rings. The molecule has 4 rings (SSSR count). The van der Waals surface area contributed by atoms with Gasteiger partial charge in [-0.15, -0.1) is 0 Å². The lowest BCUT2D eigenvalue weighted by Crippen LogP contribution is -2.40. The Morgan fingerprint density at radius 2 is 1.94 bits per heavy atom. The van der Waals surface area contributed by atoms with E-state index in [2.05, 4.69) is 16.9 Å². The summed E-state index contributed by atoms with van der Waals surface area (Å²) in [6, 6.07) is 12.9. The molecule has 1 aliphatic heterocycles. The van der Waals surface area contributed by atoms with Gasteiger partial charge in [0.25, 0.3) is 5.91 Å². The van der Waals surface area contributed by atoms with Gasteiger partial charge in [-0.2, -0.15) is 0 Å². The third-order valence-electron chi connectivity index (χ3n) is 6.06. The molecule has 1 atom stereocenters. The lowest BCUT2D eigenvalue weighted by molar-refractivity contribution is 0.0997. The molecule has 1 unspecified atom stereocenters. The van der Waals surface area contributed by atoms with Crippen LogP contribution < -0.4 is 15.4 Å². The minimum Gasteiger partial charge on any atom is -0.473 e. The van der Waals surface area contributed by atoms with Gasteiger partial charge in [0.1, 0.15) is 18.0 Å². The minimum atomic E-state index is -4.22. The van der Waals surface area contributed by atoms with Crippen LogP contribution in [-0.2, 0) is 16.4 Å². The van der Waals surface area contributed by atoms with Crippen LogP contribution in [-0.4, -0.2) is 36.4 Å². The number of halogens is 1. The SMILES string of the molecule is CC1CN(c2nccc(S(=O)(=O)c3cccc(OCc4ccccc4Cl)n3)c2C(N)=O)C(C)(C)C1. The fraction of sp³-hybridized carbons (Fsp3) is 0.320. The van der Waals surface area contributed by atoms with Crippen LogP contribution >= 0.6 is 11.6 Å². The number of anilines is 1. The molecular formula is C25H27ClN4O4S. The number of benzene rings is 1. The zero-order chi connectivity index (χ0) is 25.4.